The van der Waals surface area contributed by atoms with Crippen molar-refractivity contribution < 1.29 is 19.8 Å². The van der Waals surface area contributed by atoms with Crippen LogP contribution in [-0.2, 0) is 9.59 Å². The second-order valence-electron chi connectivity index (χ2n) is 3.88. The number of hydrogen-bond acceptors (Lipinski definition) is 4. The Morgan fingerprint density at radius 1 is 0.944 bits per heavy atom. The highest BCUT2D eigenvalue weighted by atomic mass is 16.4. The van der Waals surface area contributed by atoms with E-state index < -0.39 is 35.6 Å². The number of hydrogen-bond donors (Lipinski definition) is 2. The van der Waals surface area contributed by atoms with Crippen molar-refractivity contribution >= 4 is 11.9 Å². The number of aliphatic carboxylic acids is 2. The van der Waals surface area contributed by atoms with Crippen molar-refractivity contribution in [3.63, 3.8) is 0 Å². The molecule has 0 spiro atoms. The van der Waals surface area contributed by atoms with Crippen molar-refractivity contribution in [1.29, 1.82) is 0 Å². The van der Waals surface area contributed by atoms with Crippen LogP contribution in [-0.4, -0.2) is 35.2 Å². The lowest BCUT2D eigenvalue weighted by Crippen LogP contribution is -2.56. The summed E-state index contributed by atoms with van der Waals surface area (Å²) in [6, 6.07) is 0. The molecule has 0 amide bonds. The van der Waals surface area contributed by atoms with E-state index in [9.17, 15) is 9.59 Å². The smallest absolute Gasteiger partial charge is 0.307 e. The highest BCUT2D eigenvalue weighted by Crippen LogP contribution is 2.47. The van der Waals surface area contributed by atoms with Gasteiger partial charge in [-0.05, 0) is 22.9 Å². The van der Waals surface area contributed by atoms with Crippen LogP contribution in [0.5, 0.6) is 0 Å². The number of carboxylic acids is 2. The van der Waals surface area contributed by atoms with Crippen molar-refractivity contribution in [2.24, 2.45) is 33.9 Å². The van der Waals surface area contributed by atoms with Gasteiger partial charge in [-0.2, -0.15) is 0 Å². The molecule has 0 aromatic rings. The molecule has 1 aliphatic rings. The highest BCUT2D eigenvalue weighted by Gasteiger charge is 2.56. The summed E-state index contributed by atoms with van der Waals surface area (Å²) >= 11 is 0. The summed E-state index contributed by atoms with van der Waals surface area (Å²) in [6.07, 6.45) is 0. The fraction of sp³-hybridized carbons (Fsp3) is 0.750. The monoisotopic (exact) mass is 254 g/mol. The molecule has 0 heterocycles. The quantitative estimate of drug-likeness (QED) is 0.412. The van der Waals surface area contributed by atoms with E-state index >= 15 is 0 Å². The Bertz CT molecular complexity index is 411. The summed E-state index contributed by atoms with van der Waals surface area (Å²) < 4.78 is 0. The van der Waals surface area contributed by atoms with Crippen LogP contribution in [0.15, 0.2) is 10.2 Å². The van der Waals surface area contributed by atoms with Gasteiger partial charge in [-0.1, -0.05) is 10.2 Å². The molecule has 1 fully saturated rings. The molecular formula is C8H10N6O4. The zero-order valence-electron chi connectivity index (χ0n) is 9.12. The zero-order valence-corrected chi connectivity index (χ0v) is 9.12. The van der Waals surface area contributed by atoms with E-state index in [4.69, 9.17) is 21.3 Å². The molecular weight excluding hydrogens is 244 g/mol. The Kier molecular flexibility index (Phi) is 4.36. The van der Waals surface area contributed by atoms with E-state index in [0.29, 0.717) is 0 Å². The van der Waals surface area contributed by atoms with Crippen molar-refractivity contribution in [1.82, 2.24) is 0 Å². The maximum absolute atomic E-state index is 11.0. The van der Waals surface area contributed by atoms with Crippen LogP contribution in [0.2, 0.25) is 0 Å². The molecule has 1 saturated carbocycles. The molecule has 0 unspecified atom stereocenters. The zero-order chi connectivity index (χ0) is 13.7. The second-order valence-corrected chi connectivity index (χ2v) is 3.88. The van der Waals surface area contributed by atoms with Gasteiger partial charge in [-0.3, -0.25) is 9.59 Å². The predicted molar refractivity (Wildman–Crippen MR) is 57.3 cm³/mol. The first-order chi connectivity index (χ1) is 8.54. The Balaban J connectivity index is 2.93. The number of carbonyl (C=O) groups is 2. The lowest BCUT2D eigenvalue weighted by Gasteiger charge is -2.46. The largest absolute Gasteiger partial charge is 0.481 e. The normalized spacial score (nSPS) is 29.3. The predicted octanol–water partition coefficient (Wildman–Crippen LogP) is 1.25. The highest BCUT2D eigenvalue weighted by molar-refractivity contribution is 5.83. The molecule has 4 atom stereocenters. The Labute approximate surface area is 100 Å². The first-order valence-electron chi connectivity index (χ1n) is 5.02. The van der Waals surface area contributed by atoms with E-state index in [1.54, 1.807) is 0 Å². The fourth-order valence-corrected chi connectivity index (χ4v) is 2.35. The van der Waals surface area contributed by atoms with Gasteiger partial charge in [0.15, 0.2) is 0 Å². The van der Waals surface area contributed by atoms with Gasteiger partial charge >= 0.3 is 11.9 Å². The van der Waals surface area contributed by atoms with Gasteiger partial charge in [0.25, 0.3) is 0 Å². The molecule has 0 aliphatic heterocycles. The Hall–Kier alpha value is -2.44. The van der Waals surface area contributed by atoms with Gasteiger partial charge < -0.3 is 10.2 Å². The van der Waals surface area contributed by atoms with Crippen molar-refractivity contribution in [2.75, 3.05) is 13.1 Å². The van der Waals surface area contributed by atoms with Crippen LogP contribution in [0.1, 0.15) is 0 Å². The van der Waals surface area contributed by atoms with Gasteiger partial charge in [0.05, 0.1) is 11.8 Å². The SMILES string of the molecule is [N-]=[N+]=NC[C@H]1[C@H](CN=[N+]=[N-])[C@@H](C(=O)O)[C@@H]1C(=O)O. The summed E-state index contributed by atoms with van der Waals surface area (Å²) in [5.74, 6) is -5.98. The fourth-order valence-electron chi connectivity index (χ4n) is 2.35. The average Bonchev–Trinajstić information content (AvgIpc) is 2.26. The number of carboxylic acid groups (broad SMARTS) is 2. The number of nitrogens with zero attached hydrogens (tertiary/aromatic N) is 6. The lowest BCUT2D eigenvalue weighted by molar-refractivity contribution is -0.173. The molecule has 2 N–H and O–H groups in total. The van der Waals surface area contributed by atoms with E-state index in [1.807, 2.05) is 0 Å². The number of rotatable bonds is 6. The van der Waals surface area contributed by atoms with Crippen LogP contribution in [0.4, 0.5) is 0 Å². The molecule has 18 heavy (non-hydrogen) atoms. The number of azide groups is 2. The molecule has 0 aromatic carbocycles. The van der Waals surface area contributed by atoms with Crippen LogP contribution in [0, 0.1) is 23.7 Å². The third kappa shape index (κ3) is 2.45. The molecule has 0 saturated heterocycles. The van der Waals surface area contributed by atoms with E-state index in [-0.39, 0.29) is 13.1 Å². The van der Waals surface area contributed by atoms with E-state index in [1.165, 1.54) is 0 Å². The standard InChI is InChI=1S/C8H10N6O4/c9-13-11-1-3-4(2-12-14-10)6(8(17)18)5(3)7(15)16/h3-6H,1-2H2,(H,15,16)(H,17,18)/t3-,4-,5+,6+/m0/s1. The summed E-state index contributed by atoms with van der Waals surface area (Å²) in [4.78, 5) is 27.0. The first-order valence-corrected chi connectivity index (χ1v) is 5.02. The average molecular weight is 254 g/mol. The van der Waals surface area contributed by atoms with E-state index in [0.717, 1.165) is 0 Å². The third-order valence-electron chi connectivity index (χ3n) is 3.14. The molecule has 1 aliphatic carbocycles. The van der Waals surface area contributed by atoms with Crippen LogP contribution in [0.25, 0.3) is 20.9 Å². The van der Waals surface area contributed by atoms with Gasteiger partial charge in [0.2, 0.25) is 0 Å². The minimum Gasteiger partial charge on any atom is -0.481 e. The molecule has 0 aromatic heterocycles. The minimum atomic E-state index is -1.25. The maximum Gasteiger partial charge on any atom is 0.307 e. The molecule has 0 radical (unpaired) electrons. The molecule has 10 heteroatoms. The molecule has 10 nitrogen and oxygen atoms in total. The van der Waals surface area contributed by atoms with Crippen LogP contribution < -0.4 is 0 Å². The summed E-state index contributed by atoms with van der Waals surface area (Å²) in [7, 11) is 0. The van der Waals surface area contributed by atoms with Crippen molar-refractivity contribution in [3.05, 3.63) is 20.9 Å². The molecule has 0 bridgehead atoms. The van der Waals surface area contributed by atoms with Crippen molar-refractivity contribution in [2.45, 2.75) is 0 Å². The molecule has 96 valence electrons. The minimum absolute atomic E-state index is 0.122. The first kappa shape index (κ1) is 13.6. The summed E-state index contributed by atoms with van der Waals surface area (Å²) in [5, 5.41) is 24.5. The van der Waals surface area contributed by atoms with Gasteiger partial charge in [-0.15, -0.1) is 0 Å². The Morgan fingerprint density at radius 3 is 1.50 bits per heavy atom. The third-order valence-corrected chi connectivity index (χ3v) is 3.14. The summed E-state index contributed by atoms with van der Waals surface area (Å²) in [6.45, 7) is -0.244. The van der Waals surface area contributed by atoms with Gasteiger partial charge in [-0.25, -0.2) is 0 Å². The van der Waals surface area contributed by atoms with Crippen LogP contribution >= 0.6 is 0 Å². The maximum atomic E-state index is 11.0. The van der Waals surface area contributed by atoms with Crippen LogP contribution in [0.3, 0.4) is 0 Å². The van der Waals surface area contributed by atoms with Crippen molar-refractivity contribution in [3.8, 4) is 0 Å². The van der Waals surface area contributed by atoms with Gasteiger partial charge in [0.1, 0.15) is 0 Å². The lowest BCUT2D eigenvalue weighted by atomic mass is 9.56. The topological polar surface area (TPSA) is 172 Å². The second kappa shape index (κ2) is 5.76. The molecule has 1 rings (SSSR count). The van der Waals surface area contributed by atoms with Gasteiger partial charge in [0, 0.05) is 22.9 Å². The Morgan fingerprint density at radius 2 is 1.28 bits per heavy atom. The summed E-state index contributed by atoms with van der Waals surface area (Å²) in [5.41, 5.74) is 16.4. The van der Waals surface area contributed by atoms with E-state index in [2.05, 4.69) is 20.1 Å².